The maximum atomic E-state index is 6.39. The molecule has 27 heavy (non-hydrogen) atoms. The van der Waals surface area contributed by atoms with E-state index in [0.717, 1.165) is 27.1 Å². The van der Waals surface area contributed by atoms with Gasteiger partial charge in [0.1, 0.15) is 5.58 Å². The number of fused-ring (bicyclic) bond motifs is 4. The Labute approximate surface area is 162 Å². The highest BCUT2D eigenvalue weighted by Crippen LogP contribution is 2.38. The molecular weight excluding hydrogens is 361 g/mol. The fourth-order valence-electron chi connectivity index (χ4n) is 3.59. The molecule has 1 fully saturated rings. The Balaban J connectivity index is 1.80. The number of pyridine rings is 1. The van der Waals surface area contributed by atoms with E-state index in [2.05, 4.69) is 11.1 Å². The van der Waals surface area contributed by atoms with Gasteiger partial charge < -0.3 is 13.7 Å². The fourth-order valence-corrected chi connectivity index (χ4v) is 3.80. The van der Waals surface area contributed by atoms with E-state index in [0.29, 0.717) is 16.3 Å². The van der Waals surface area contributed by atoms with Crippen molar-refractivity contribution in [3.05, 3.63) is 47.5 Å². The molecule has 0 bridgehead atoms. The molecule has 5 rings (SSSR count). The average molecular weight is 380 g/mol. The molecule has 4 aromatic rings. The van der Waals surface area contributed by atoms with Gasteiger partial charge in [-0.1, -0.05) is 29.8 Å². The van der Waals surface area contributed by atoms with Gasteiger partial charge in [-0.3, -0.25) is 0 Å². The van der Waals surface area contributed by atoms with Crippen molar-refractivity contribution in [2.24, 2.45) is 0 Å². The van der Waals surface area contributed by atoms with Crippen LogP contribution in [0, 0.1) is 0 Å². The first-order valence-corrected chi connectivity index (χ1v) is 9.40. The van der Waals surface area contributed by atoms with E-state index < -0.39 is 18.3 Å². The van der Waals surface area contributed by atoms with E-state index in [1.807, 2.05) is 64.1 Å². The van der Waals surface area contributed by atoms with Gasteiger partial charge in [0.25, 0.3) is 0 Å². The van der Waals surface area contributed by atoms with Gasteiger partial charge in [-0.15, -0.1) is 0 Å². The first kappa shape index (κ1) is 17.1. The quantitative estimate of drug-likeness (QED) is 0.432. The van der Waals surface area contributed by atoms with Crippen LogP contribution >= 0.6 is 11.6 Å². The lowest BCUT2D eigenvalue weighted by Gasteiger charge is -2.32. The summed E-state index contributed by atoms with van der Waals surface area (Å²) in [6.07, 6.45) is 0. The highest BCUT2D eigenvalue weighted by atomic mass is 35.5. The van der Waals surface area contributed by atoms with Gasteiger partial charge in [0.2, 0.25) is 5.71 Å². The number of para-hydroxylation sites is 1. The number of halogens is 1. The molecule has 2 aromatic heterocycles. The second-order valence-electron chi connectivity index (χ2n) is 8.09. The van der Waals surface area contributed by atoms with E-state index in [9.17, 15) is 0 Å². The van der Waals surface area contributed by atoms with Crippen LogP contribution in [0.1, 0.15) is 27.7 Å². The molecule has 0 aliphatic carbocycles. The van der Waals surface area contributed by atoms with Crippen LogP contribution in [0.15, 0.2) is 46.9 Å². The summed E-state index contributed by atoms with van der Waals surface area (Å²) < 4.78 is 18.6. The van der Waals surface area contributed by atoms with E-state index in [1.165, 1.54) is 0 Å². The summed E-state index contributed by atoms with van der Waals surface area (Å²) in [4.78, 5) is 4.68. The van der Waals surface area contributed by atoms with Gasteiger partial charge in [-0.2, -0.15) is 0 Å². The van der Waals surface area contributed by atoms with Crippen molar-refractivity contribution in [3.8, 4) is 0 Å². The molecular formula is C21H19BClNO3. The molecule has 0 spiro atoms. The minimum Gasteiger partial charge on any atom is -0.438 e. The van der Waals surface area contributed by atoms with Gasteiger partial charge >= 0.3 is 7.12 Å². The molecule has 4 nitrogen and oxygen atoms in total. The second-order valence-corrected chi connectivity index (χ2v) is 8.53. The monoisotopic (exact) mass is 379 g/mol. The van der Waals surface area contributed by atoms with Crippen molar-refractivity contribution >= 4 is 57.2 Å². The molecule has 1 saturated heterocycles. The molecule has 0 radical (unpaired) electrons. The van der Waals surface area contributed by atoms with Crippen molar-refractivity contribution in [1.29, 1.82) is 0 Å². The van der Waals surface area contributed by atoms with E-state index in [1.54, 1.807) is 0 Å². The Morgan fingerprint density at radius 1 is 0.963 bits per heavy atom. The third-order valence-electron chi connectivity index (χ3n) is 5.77. The Kier molecular flexibility index (Phi) is 3.46. The summed E-state index contributed by atoms with van der Waals surface area (Å²) in [7, 11) is -0.525. The van der Waals surface area contributed by atoms with Gasteiger partial charge in [0.15, 0.2) is 0 Å². The molecule has 0 atom stereocenters. The minimum atomic E-state index is -0.525. The van der Waals surface area contributed by atoms with Crippen LogP contribution in [0.5, 0.6) is 0 Å². The molecule has 1 aliphatic rings. The van der Waals surface area contributed by atoms with Crippen LogP contribution in [0.3, 0.4) is 0 Å². The maximum absolute atomic E-state index is 6.39. The number of hydrogen-bond donors (Lipinski definition) is 0. The molecule has 3 heterocycles. The topological polar surface area (TPSA) is 44.5 Å². The average Bonchev–Trinajstić information content (AvgIpc) is 3.04. The van der Waals surface area contributed by atoms with Gasteiger partial charge in [0, 0.05) is 27.2 Å². The Morgan fingerprint density at radius 2 is 1.67 bits per heavy atom. The van der Waals surface area contributed by atoms with Crippen molar-refractivity contribution in [3.63, 3.8) is 0 Å². The van der Waals surface area contributed by atoms with Crippen LogP contribution < -0.4 is 5.46 Å². The summed E-state index contributed by atoms with van der Waals surface area (Å²) in [6, 6.07) is 13.8. The predicted octanol–water partition coefficient (Wildman–Crippen LogP) is 5.09. The van der Waals surface area contributed by atoms with Gasteiger partial charge in [-0.05, 0) is 51.4 Å². The zero-order valence-electron chi connectivity index (χ0n) is 15.7. The second kappa shape index (κ2) is 5.47. The van der Waals surface area contributed by atoms with Crippen LogP contribution in [0.4, 0.5) is 0 Å². The summed E-state index contributed by atoms with van der Waals surface area (Å²) in [5.41, 5.74) is 2.17. The lowest BCUT2D eigenvalue weighted by Crippen LogP contribution is -2.41. The van der Waals surface area contributed by atoms with Gasteiger partial charge in [-0.25, -0.2) is 4.98 Å². The number of rotatable bonds is 1. The van der Waals surface area contributed by atoms with E-state index >= 15 is 0 Å². The number of hydrogen-bond acceptors (Lipinski definition) is 4. The molecule has 6 heteroatoms. The molecule has 136 valence electrons. The summed E-state index contributed by atoms with van der Waals surface area (Å²) in [6.45, 7) is 8.16. The number of benzene rings is 2. The van der Waals surface area contributed by atoms with Crippen molar-refractivity contribution < 1.29 is 13.7 Å². The van der Waals surface area contributed by atoms with Crippen LogP contribution in [-0.4, -0.2) is 23.3 Å². The summed E-state index contributed by atoms with van der Waals surface area (Å²) >= 11 is 6.39. The third-order valence-corrected chi connectivity index (χ3v) is 5.99. The molecule has 0 N–H and O–H groups in total. The summed E-state index contributed by atoms with van der Waals surface area (Å²) in [5, 5.41) is 3.51. The highest BCUT2D eigenvalue weighted by Gasteiger charge is 2.52. The molecule has 0 amide bonds. The lowest BCUT2D eigenvalue weighted by molar-refractivity contribution is 0.00578. The Bertz CT molecular complexity index is 1200. The molecule has 1 aliphatic heterocycles. The SMILES string of the molecule is CC1(C)OB(c2cc(Cl)cc3oc4nc5ccccc5cc4c23)OC1(C)C. The normalized spacial score (nSPS) is 18.8. The highest BCUT2D eigenvalue weighted by molar-refractivity contribution is 6.66. The zero-order valence-corrected chi connectivity index (χ0v) is 16.4. The minimum absolute atomic E-state index is 0.434. The van der Waals surface area contributed by atoms with E-state index in [4.69, 9.17) is 25.3 Å². The molecule has 0 unspecified atom stereocenters. The fraction of sp³-hybridized carbons (Fsp3) is 0.286. The summed E-state index contributed by atoms with van der Waals surface area (Å²) in [5.74, 6) is 0. The lowest BCUT2D eigenvalue weighted by atomic mass is 9.76. The van der Waals surface area contributed by atoms with Crippen LogP contribution in [0.25, 0.3) is 33.0 Å². The van der Waals surface area contributed by atoms with Crippen LogP contribution in [0.2, 0.25) is 5.02 Å². The molecule has 2 aromatic carbocycles. The van der Waals surface area contributed by atoms with Crippen LogP contribution in [-0.2, 0) is 9.31 Å². The number of aromatic nitrogens is 1. The Hall–Kier alpha value is -2.08. The zero-order chi connectivity index (χ0) is 19.0. The van der Waals surface area contributed by atoms with Crippen molar-refractivity contribution in [2.75, 3.05) is 0 Å². The standard InChI is InChI=1S/C21H19BClNO3/c1-20(2)21(3,4)27-22(26-20)15-10-13(23)11-17-18(15)14-9-12-7-5-6-8-16(12)24-19(14)25-17/h5-11H,1-4H3. The number of nitrogens with zero attached hydrogens (tertiary/aromatic N) is 1. The first-order chi connectivity index (χ1) is 12.7. The van der Waals surface area contributed by atoms with Crippen molar-refractivity contribution in [1.82, 2.24) is 4.98 Å². The Morgan fingerprint density at radius 3 is 2.41 bits per heavy atom. The van der Waals surface area contributed by atoms with E-state index in [-0.39, 0.29) is 0 Å². The van der Waals surface area contributed by atoms with Crippen molar-refractivity contribution in [2.45, 2.75) is 38.9 Å². The number of furan rings is 1. The largest absolute Gasteiger partial charge is 0.495 e. The predicted molar refractivity (Wildman–Crippen MR) is 110 cm³/mol. The first-order valence-electron chi connectivity index (χ1n) is 9.02. The third kappa shape index (κ3) is 2.49. The molecule has 0 saturated carbocycles. The van der Waals surface area contributed by atoms with Gasteiger partial charge in [0.05, 0.1) is 16.7 Å². The smallest absolute Gasteiger partial charge is 0.438 e. The maximum Gasteiger partial charge on any atom is 0.495 e.